The van der Waals surface area contributed by atoms with E-state index in [4.69, 9.17) is 0 Å². The van der Waals surface area contributed by atoms with Crippen LogP contribution in [-0.2, 0) is 5.41 Å². The lowest BCUT2D eigenvalue weighted by Crippen LogP contribution is -2.26. The number of aromatic nitrogens is 1. The molecule has 0 spiro atoms. The van der Waals surface area contributed by atoms with Crippen LogP contribution in [0, 0.1) is 0 Å². The van der Waals surface area contributed by atoms with Crippen LogP contribution in [0.5, 0.6) is 0 Å². The molecule has 78 valence electrons. The average Bonchev–Trinajstić information content (AvgIpc) is 2.07. The van der Waals surface area contributed by atoms with Gasteiger partial charge in [0.2, 0.25) is 0 Å². The zero-order valence-corrected chi connectivity index (χ0v) is 9.29. The van der Waals surface area contributed by atoms with Crippen molar-refractivity contribution in [3.8, 4) is 0 Å². The topological polar surface area (TPSA) is 34.0 Å². The van der Waals surface area contributed by atoms with Crippen LogP contribution in [0.1, 0.15) is 33.3 Å². The first-order valence-electron chi connectivity index (χ1n) is 4.92. The van der Waals surface area contributed by atoms with E-state index in [9.17, 15) is 4.79 Å². The molecular weight excluding hydrogens is 176 g/mol. The predicted octanol–water partition coefficient (Wildman–Crippen LogP) is 1.71. The Morgan fingerprint density at radius 2 is 2.07 bits per heavy atom. The Hall–Kier alpha value is -1.25. The number of rotatable bonds is 2. The monoisotopic (exact) mass is 194 g/mol. The van der Waals surface area contributed by atoms with E-state index in [1.165, 1.54) is 0 Å². The second-order valence-electron chi connectivity index (χ2n) is 4.39. The third-order valence-corrected chi connectivity index (χ3v) is 2.07. The van der Waals surface area contributed by atoms with Gasteiger partial charge in [-0.05, 0) is 12.3 Å². The molecule has 0 radical (unpaired) electrons. The maximum Gasteiger partial charge on any atom is 0.185 e. The highest BCUT2D eigenvalue weighted by Crippen LogP contribution is 2.17. The highest BCUT2D eigenvalue weighted by atomic mass is 16.1. The molecule has 1 N–H and O–H groups in total. The van der Waals surface area contributed by atoms with Crippen LogP contribution < -0.4 is 10.9 Å². The minimum absolute atomic E-state index is 0.102. The average molecular weight is 194 g/mol. The Kier molecular flexibility index (Phi) is 2.99. The summed E-state index contributed by atoms with van der Waals surface area (Å²) < 4.78 is 1.84. The highest BCUT2D eigenvalue weighted by molar-refractivity contribution is 5.19. The first kappa shape index (κ1) is 10.8. The van der Waals surface area contributed by atoms with E-state index >= 15 is 0 Å². The fourth-order valence-electron chi connectivity index (χ4n) is 1.33. The first-order valence-corrected chi connectivity index (χ1v) is 4.92. The van der Waals surface area contributed by atoms with E-state index in [2.05, 4.69) is 5.43 Å². The van der Waals surface area contributed by atoms with E-state index in [-0.39, 0.29) is 10.8 Å². The minimum Gasteiger partial charge on any atom is -0.327 e. The number of nitrogens with zero attached hydrogens (tertiary/aromatic N) is 1. The lowest BCUT2D eigenvalue weighted by Gasteiger charge is -2.19. The molecule has 0 atom stereocenters. The molecule has 1 aromatic rings. The number of nitrogens with one attached hydrogen (secondary N) is 1. The van der Waals surface area contributed by atoms with Gasteiger partial charge in [0, 0.05) is 30.6 Å². The molecule has 14 heavy (non-hydrogen) atoms. The summed E-state index contributed by atoms with van der Waals surface area (Å²) in [6.07, 6.45) is 3.62. The number of pyridine rings is 1. The van der Waals surface area contributed by atoms with Crippen LogP contribution in [0.4, 0.5) is 0 Å². The quantitative estimate of drug-likeness (QED) is 0.777. The van der Waals surface area contributed by atoms with Crippen molar-refractivity contribution in [1.82, 2.24) is 4.68 Å². The van der Waals surface area contributed by atoms with Gasteiger partial charge in [-0.1, -0.05) is 20.8 Å². The highest BCUT2D eigenvalue weighted by Gasteiger charge is 2.17. The molecular formula is C11H18N2O. The van der Waals surface area contributed by atoms with Crippen LogP contribution in [-0.4, -0.2) is 11.2 Å². The summed E-state index contributed by atoms with van der Waals surface area (Å²) in [6.45, 7) is 8.99. The Labute approximate surface area is 84.7 Å². The van der Waals surface area contributed by atoms with Crippen LogP contribution >= 0.6 is 0 Å². The molecule has 1 rings (SSSR count). The molecule has 0 aliphatic carbocycles. The molecule has 0 aromatic carbocycles. The Bertz CT molecular complexity index is 360. The smallest absolute Gasteiger partial charge is 0.185 e. The summed E-state index contributed by atoms with van der Waals surface area (Å²) in [4.78, 5) is 11.6. The van der Waals surface area contributed by atoms with Crippen molar-refractivity contribution < 1.29 is 0 Å². The lowest BCUT2D eigenvalue weighted by atomic mass is 9.88. The largest absolute Gasteiger partial charge is 0.327 e. The Balaban J connectivity index is 3.15. The molecule has 1 aromatic heterocycles. The molecule has 3 nitrogen and oxygen atoms in total. The van der Waals surface area contributed by atoms with Gasteiger partial charge in [-0.2, -0.15) is 0 Å². The minimum atomic E-state index is -0.102. The maximum absolute atomic E-state index is 11.6. The normalized spacial score (nSPS) is 11.4. The van der Waals surface area contributed by atoms with Crippen molar-refractivity contribution in [2.75, 3.05) is 12.0 Å². The molecule has 0 saturated heterocycles. The second kappa shape index (κ2) is 3.86. The van der Waals surface area contributed by atoms with E-state index in [0.717, 1.165) is 12.1 Å². The fraction of sp³-hybridized carbons (Fsp3) is 0.545. The standard InChI is InChI=1S/C11H18N2O/c1-5-12-13-7-6-10(14)9(8-13)11(2,3)4/h6-8,12H,5H2,1-4H3. The van der Waals surface area contributed by atoms with Gasteiger partial charge in [0.1, 0.15) is 0 Å². The van der Waals surface area contributed by atoms with Gasteiger partial charge in [-0.25, -0.2) is 0 Å². The summed E-state index contributed by atoms with van der Waals surface area (Å²) in [5, 5.41) is 0. The molecule has 3 heteroatoms. The van der Waals surface area contributed by atoms with Crippen LogP contribution in [0.15, 0.2) is 23.3 Å². The van der Waals surface area contributed by atoms with Crippen LogP contribution in [0.3, 0.4) is 0 Å². The summed E-state index contributed by atoms with van der Waals surface area (Å²) in [6, 6.07) is 1.60. The SMILES string of the molecule is CCNn1ccc(=O)c(C(C)(C)C)c1. The zero-order valence-electron chi connectivity index (χ0n) is 9.29. The fourth-order valence-corrected chi connectivity index (χ4v) is 1.33. The van der Waals surface area contributed by atoms with Crippen molar-refractivity contribution in [2.45, 2.75) is 33.1 Å². The van der Waals surface area contributed by atoms with E-state index < -0.39 is 0 Å². The predicted molar refractivity (Wildman–Crippen MR) is 59.3 cm³/mol. The molecule has 0 bridgehead atoms. The van der Waals surface area contributed by atoms with Gasteiger partial charge in [-0.15, -0.1) is 0 Å². The molecule has 1 heterocycles. The maximum atomic E-state index is 11.6. The van der Waals surface area contributed by atoms with Crippen molar-refractivity contribution in [3.05, 3.63) is 34.2 Å². The lowest BCUT2D eigenvalue weighted by molar-refractivity contribution is 0.577. The van der Waals surface area contributed by atoms with Gasteiger partial charge in [0.15, 0.2) is 5.43 Å². The van der Waals surface area contributed by atoms with E-state index in [0.29, 0.717) is 0 Å². The zero-order chi connectivity index (χ0) is 10.8. The number of hydrogen-bond acceptors (Lipinski definition) is 2. The third kappa shape index (κ3) is 2.37. The number of hydrogen-bond donors (Lipinski definition) is 1. The Morgan fingerprint density at radius 3 is 2.57 bits per heavy atom. The second-order valence-corrected chi connectivity index (χ2v) is 4.39. The van der Waals surface area contributed by atoms with E-state index in [1.807, 2.05) is 38.6 Å². The van der Waals surface area contributed by atoms with Crippen LogP contribution in [0.2, 0.25) is 0 Å². The summed E-state index contributed by atoms with van der Waals surface area (Å²) >= 11 is 0. The Morgan fingerprint density at radius 1 is 1.43 bits per heavy atom. The van der Waals surface area contributed by atoms with Crippen molar-refractivity contribution in [1.29, 1.82) is 0 Å². The molecule has 0 aliphatic heterocycles. The van der Waals surface area contributed by atoms with Crippen molar-refractivity contribution in [3.63, 3.8) is 0 Å². The van der Waals surface area contributed by atoms with Gasteiger partial charge in [-0.3, -0.25) is 9.47 Å². The molecule has 0 fully saturated rings. The van der Waals surface area contributed by atoms with Gasteiger partial charge in [0.05, 0.1) is 0 Å². The van der Waals surface area contributed by atoms with Crippen LogP contribution in [0.25, 0.3) is 0 Å². The van der Waals surface area contributed by atoms with Crippen molar-refractivity contribution >= 4 is 0 Å². The van der Waals surface area contributed by atoms with E-state index in [1.54, 1.807) is 12.3 Å². The first-order chi connectivity index (χ1) is 6.45. The van der Waals surface area contributed by atoms with Gasteiger partial charge in [0.25, 0.3) is 0 Å². The van der Waals surface area contributed by atoms with Gasteiger partial charge < -0.3 is 5.43 Å². The molecule has 0 amide bonds. The summed E-state index contributed by atoms with van der Waals surface area (Å²) in [7, 11) is 0. The molecule has 0 saturated carbocycles. The third-order valence-electron chi connectivity index (χ3n) is 2.07. The van der Waals surface area contributed by atoms with Crippen molar-refractivity contribution in [2.24, 2.45) is 0 Å². The van der Waals surface area contributed by atoms with Gasteiger partial charge >= 0.3 is 0 Å². The molecule has 0 unspecified atom stereocenters. The summed E-state index contributed by atoms with van der Waals surface area (Å²) in [5.41, 5.74) is 3.96. The molecule has 0 aliphatic rings. The summed E-state index contributed by atoms with van der Waals surface area (Å²) in [5.74, 6) is 0.